The van der Waals surface area contributed by atoms with Gasteiger partial charge in [0.1, 0.15) is 12.1 Å². The molecule has 0 spiro atoms. The van der Waals surface area contributed by atoms with Gasteiger partial charge in [0.15, 0.2) is 0 Å². The van der Waals surface area contributed by atoms with Crippen LogP contribution in [0.25, 0.3) is 71.6 Å². The van der Waals surface area contributed by atoms with Crippen molar-refractivity contribution in [2.45, 2.75) is 0 Å². The van der Waals surface area contributed by atoms with Crippen LogP contribution in [0.1, 0.15) is 11.1 Å². The van der Waals surface area contributed by atoms with E-state index in [9.17, 15) is 10.5 Å². The summed E-state index contributed by atoms with van der Waals surface area (Å²) in [6, 6.07) is 41.2. The lowest BCUT2D eigenvalue weighted by Gasteiger charge is -2.14. The molecule has 3 heterocycles. The number of pyridine rings is 3. The highest BCUT2D eigenvalue weighted by molar-refractivity contribution is 5.87. The summed E-state index contributed by atoms with van der Waals surface area (Å²) in [6.07, 6.45) is 9.87. The monoisotopic (exact) mass is 612 g/mol. The van der Waals surface area contributed by atoms with Gasteiger partial charge in [0.25, 0.3) is 0 Å². The van der Waals surface area contributed by atoms with Crippen molar-refractivity contribution in [2.75, 3.05) is 0 Å². The minimum absolute atomic E-state index is 0.499. The fourth-order valence-electron chi connectivity index (χ4n) is 5.92. The summed E-state index contributed by atoms with van der Waals surface area (Å²) in [4.78, 5) is 16.1. The summed E-state index contributed by atoms with van der Waals surface area (Å²) >= 11 is 0. The van der Waals surface area contributed by atoms with E-state index in [1.807, 2.05) is 54.6 Å². The zero-order valence-corrected chi connectivity index (χ0v) is 25.5. The second-order valence-corrected chi connectivity index (χ2v) is 11.1. The van der Waals surface area contributed by atoms with Crippen LogP contribution in [0.2, 0.25) is 0 Å². The highest BCUT2D eigenvalue weighted by Crippen LogP contribution is 2.38. The summed E-state index contributed by atoms with van der Waals surface area (Å²) in [7, 11) is 0. The van der Waals surface area contributed by atoms with Gasteiger partial charge in [0.2, 0.25) is 5.69 Å². The van der Waals surface area contributed by atoms with Crippen LogP contribution in [-0.2, 0) is 0 Å². The maximum absolute atomic E-state index is 9.74. The fraction of sp³-hybridized carbons (Fsp3) is 0. The highest BCUT2D eigenvalue weighted by Gasteiger charge is 2.13. The van der Waals surface area contributed by atoms with Gasteiger partial charge in [-0.15, -0.1) is 0 Å². The van der Waals surface area contributed by atoms with Crippen molar-refractivity contribution in [3.63, 3.8) is 0 Å². The lowest BCUT2D eigenvalue weighted by atomic mass is 9.90. The molecule has 0 atom stereocenters. The average molecular weight is 613 g/mol. The van der Waals surface area contributed by atoms with Gasteiger partial charge in [-0.1, -0.05) is 54.6 Å². The van der Waals surface area contributed by atoms with Gasteiger partial charge >= 0.3 is 0 Å². The van der Waals surface area contributed by atoms with Crippen molar-refractivity contribution in [2.24, 2.45) is 0 Å². The molecule has 0 saturated heterocycles. The third-order valence-corrected chi connectivity index (χ3v) is 8.26. The molecule has 48 heavy (non-hydrogen) atoms. The SMILES string of the molecule is [C-]#[N+]c1cnccc1-c1cccc(-c2cc(-c3cccc(-c4ccncc4C#N)c3)cc(-c3cccc(-c4ccncc4C#N)c3)c2)c1. The molecule has 0 amide bonds. The van der Waals surface area contributed by atoms with Gasteiger partial charge in [-0.05, 0) is 110 Å². The first-order chi connectivity index (χ1) is 23.6. The number of hydrogen-bond donors (Lipinski definition) is 0. The number of benzene rings is 4. The fourth-order valence-corrected chi connectivity index (χ4v) is 5.92. The zero-order valence-electron chi connectivity index (χ0n) is 25.5. The molecule has 0 fully saturated rings. The van der Waals surface area contributed by atoms with E-state index in [4.69, 9.17) is 6.57 Å². The molecule has 7 rings (SSSR count). The largest absolute Gasteiger partial charge is 0.276 e. The van der Waals surface area contributed by atoms with Crippen LogP contribution in [-0.4, -0.2) is 15.0 Å². The van der Waals surface area contributed by atoms with Gasteiger partial charge in [-0.25, -0.2) is 4.85 Å². The molecule has 3 aromatic heterocycles. The molecule has 0 saturated carbocycles. The van der Waals surface area contributed by atoms with E-state index in [-0.39, 0.29) is 0 Å². The lowest BCUT2D eigenvalue weighted by Crippen LogP contribution is -1.90. The van der Waals surface area contributed by atoms with E-state index in [1.165, 1.54) is 0 Å². The summed E-state index contributed by atoms with van der Waals surface area (Å²) in [5.74, 6) is 0. The third kappa shape index (κ3) is 5.80. The minimum atomic E-state index is 0.499. The first-order valence-corrected chi connectivity index (χ1v) is 15.1. The molecule has 0 radical (unpaired) electrons. The van der Waals surface area contributed by atoms with Crippen LogP contribution in [0.4, 0.5) is 5.69 Å². The molecule has 0 N–H and O–H groups in total. The van der Waals surface area contributed by atoms with Crippen LogP contribution in [0.5, 0.6) is 0 Å². The summed E-state index contributed by atoms with van der Waals surface area (Å²) in [5.41, 5.74) is 12.8. The van der Waals surface area contributed by atoms with Gasteiger partial charge in [-0.3, -0.25) is 15.0 Å². The maximum Gasteiger partial charge on any atom is 0.212 e. The van der Waals surface area contributed by atoms with E-state index in [1.54, 1.807) is 37.2 Å². The molecule has 6 heteroatoms. The molecule has 0 aliphatic carbocycles. The van der Waals surface area contributed by atoms with Crippen molar-refractivity contribution in [3.8, 4) is 78.9 Å². The molecule has 0 bridgehead atoms. The van der Waals surface area contributed by atoms with E-state index in [2.05, 4.69) is 86.5 Å². The molecule has 0 aliphatic rings. The number of nitriles is 2. The van der Waals surface area contributed by atoms with E-state index < -0.39 is 0 Å². The second kappa shape index (κ2) is 13.0. The maximum atomic E-state index is 9.74. The number of hydrogen-bond acceptors (Lipinski definition) is 5. The van der Waals surface area contributed by atoms with Gasteiger partial charge in [0, 0.05) is 48.3 Å². The molecule has 4 aromatic carbocycles. The Balaban J connectivity index is 1.41. The Morgan fingerprint density at radius 2 is 0.792 bits per heavy atom. The Morgan fingerprint density at radius 3 is 1.21 bits per heavy atom. The van der Waals surface area contributed by atoms with Crippen LogP contribution in [0, 0.1) is 29.2 Å². The minimum Gasteiger partial charge on any atom is -0.276 e. The Kier molecular flexibility index (Phi) is 8.01. The molecule has 0 unspecified atom stereocenters. The third-order valence-electron chi connectivity index (χ3n) is 8.26. The van der Waals surface area contributed by atoms with Crippen LogP contribution in [0.3, 0.4) is 0 Å². The zero-order chi connectivity index (χ0) is 32.9. The Bertz CT molecular complexity index is 2170. The normalized spacial score (nSPS) is 10.4. The van der Waals surface area contributed by atoms with Gasteiger partial charge < -0.3 is 0 Å². The van der Waals surface area contributed by atoms with E-state index >= 15 is 0 Å². The molecule has 6 nitrogen and oxygen atoms in total. The molecule has 0 aliphatic heterocycles. The number of aromatic nitrogens is 3. The van der Waals surface area contributed by atoms with Crippen molar-refractivity contribution in [1.82, 2.24) is 15.0 Å². The second-order valence-electron chi connectivity index (χ2n) is 11.1. The predicted octanol–water partition coefficient (Wildman–Crippen LogP) is 10.2. The Hall–Kier alpha value is -7.20. The van der Waals surface area contributed by atoms with Crippen LogP contribution >= 0.6 is 0 Å². The van der Waals surface area contributed by atoms with Crippen molar-refractivity contribution in [1.29, 1.82) is 10.5 Å². The molecule has 222 valence electrons. The first-order valence-electron chi connectivity index (χ1n) is 15.1. The Labute approximate surface area is 278 Å². The Morgan fingerprint density at radius 1 is 0.438 bits per heavy atom. The molecular formula is C42H24N6. The summed E-state index contributed by atoms with van der Waals surface area (Å²) in [6.45, 7) is 7.65. The number of nitrogens with zero attached hydrogens (tertiary/aromatic N) is 6. The molecular weight excluding hydrogens is 589 g/mol. The van der Waals surface area contributed by atoms with E-state index in [0.29, 0.717) is 16.8 Å². The highest BCUT2D eigenvalue weighted by atomic mass is 14.7. The average Bonchev–Trinajstić information content (AvgIpc) is 3.17. The van der Waals surface area contributed by atoms with Crippen molar-refractivity contribution in [3.05, 3.63) is 169 Å². The smallest absolute Gasteiger partial charge is 0.212 e. The summed E-state index contributed by atoms with van der Waals surface area (Å²) < 4.78 is 0. The van der Waals surface area contributed by atoms with Crippen molar-refractivity contribution < 1.29 is 0 Å². The topological polar surface area (TPSA) is 90.6 Å². The van der Waals surface area contributed by atoms with Gasteiger partial charge in [0.05, 0.1) is 17.7 Å². The predicted molar refractivity (Wildman–Crippen MR) is 188 cm³/mol. The van der Waals surface area contributed by atoms with Gasteiger partial charge in [-0.2, -0.15) is 10.5 Å². The van der Waals surface area contributed by atoms with Crippen LogP contribution < -0.4 is 0 Å². The standard InChI is InChI=1S/C42H24N6/c1-45-42-27-48-16-13-41(42)33-10-4-7-30(19-33)36-21-34(28-5-2-8-31(17-28)39-11-14-46-25-37(39)23-43)20-35(22-36)29-6-3-9-32(18-29)40-12-15-47-26-38(40)24-44/h2-22,25-27H. The molecule has 7 aromatic rings. The first kappa shape index (κ1) is 29.5. The lowest BCUT2D eigenvalue weighted by molar-refractivity contribution is 1.30. The van der Waals surface area contributed by atoms with Crippen molar-refractivity contribution >= 4 is 5.69 Å². The van der Waals surface area contributed by atoms with E-state index in [0.717, 1.165) is 66.8 Å². The quantitative estimate of drug-likeness (QED) is 0.174. The summed E-state index contributed by atoms with van der Waals surface area (Å²) in [5, 5.41) is 19.5. The van der Waals surface area contributed by atoms with Crippen LogP contribution in [0.15, 0.2) is 146 Å². The number of rotatable bonds is 6.